The van der Waals surface area contributed by atoms with Crippen LogP contribution in [0.15, 0.2) is 11.6 Å². The summed E-state index contributed by atoms with van der Waals surface area (Å²) >= 11 is 0. The molecule has 0 bridgehead atoms. The Balaban J connectivity index is 4.11. The van der Waals surface area contributed by atoms with Gasteiger partial charge in [0.05, 0.1) is 0 Å². The van der Waals surface area contributed by atoms with Gasteiger partial charge in [-0.1, -0.05) is 6.08 Å². The van der Waals surface area contributed by atoms with E-state index in [4.69, 9.17) is 5.11 Å². The number of hydrogen-bond acceptors (Lipinski definition) is 4. The zero-order valence-corrected chi connectivity index (χ0v) is 7.33. The number of ether oxygens (including phenoxy) is 1. The zero-order valence-electron chi connectivity index (χ0n) is 7.33. The van der Waals surface area contributed by atoms with Gasteiger partial charge in [-0.15, -0.1) is 0 Å². The summed E-state index contributed by atoms with van der Waals surface area (Å²) in [6.07, 6.45) is 0.260. The van der Waals surface area contributed by atoms with Crippen molar-refractivity contribution < 1.29 is 19.4 Å². The Bertz CT molecular complexity index is 215. The maximum Gasteiger partial charge on any atom is 0.342 e. The Labute approximate surface area is 70.8 Å². The molecule has 0 aliphatic carbocycles. The van der Waals surface area contributed by atoms with Crippen molar-refractivity contribution in [2.45, 2.75) is 26.9 Å². The summed E-state index contributed by atoms with van der Waals surface area (Å²) in [6.45, 7) is 4.42. The molecule has 1 N–H and O–H groups in total. The van der Waals surface area contributed by atoms with Gasteiger partial charge >= 0.3 is 11.9 Å². The van der Waals surface area contributed by atoms with Gasteiger partial charge in [0.1, 0.15) is 6.10 Å². The quantitative estimate of drug-likeness (QED) is 0.372. The number of rotatable bonds is 2. The lowest BCUT2D eigenvalue weighted by atomic mass is 10.3. The van der Waals surface area contributed by atoms with E-state index in [0.29, 0.717) is 5.57 Å². The second-order valence-electron chi connectivity index (χ2n) is 2.36. The lowest BCUT2D eigenvalue weighted by Crippen LogP contribution is -2.23. The second kappa shape index (κ2) is 4.66. The van der Waals surface area contributed by atoms with Gasteiger partial charge in [-0.2, -0.15) is 0 Å². The fraction of sp³-hybridized carbons (Fsp3) is 0.500. The topological polar surface area (TPSA) is 63.6 Å². The third-order valence-corrected chi connectivity index (χ3v) is 1.29. The highest BCUT2D eigenvalue weighted by atomic mass is 16.6. The van der Waals surface area contributed by atoms with E-state index >= 15 is 0 Å². The number of aliphatic hydroxyl groups excluding tert-OH is 1. The molecule has 0 fully saturated rings. The van der Waals surface area contributed by atoms with E-state index in [0.717, 1.165) is 0 Å². The minimum Gasteiger partial charge on any atom is -0.388 e. The predicted molar refractivity (Wildman–Crippen MR) is 42.2 cm³/mol. The van der Waals surface area contributed by atoms with Gasteiger partial charge in [0.15, 0.2) is 0 Å². The van der Waals surface area contributed by atoms with Gasteiger partial charge in [0.2, 0.25) is 0 Å². The molecule has 0 radical (unpaired) electrons. The minimum atomic E-state index is -1.27. The maximum atomic E-state index is 10.9. The number of esters is 2. The minimum absolute atomic E-state index is 0.337. The van der Waals surface area contributed by atoms with E-state index in [1.165, 1.54) is 19.9 Å². The van der Waals surface area contributed by atoms with Crippen LogP contribution < -0.4 is 0 Å². The van der Waals surface area contributed by atoms with Gasteiger partial charge in [-0.25, -0.2) is 9.59 Å². The summed E-state index contributed by atoms with van der Waals surface area (Å²) in [5.41, 5.74) is 0.337. The molecular formula is C8H12O4. The summed E-state index contributed by atoms with van der Waals surface area (Å²) in [4.78, 5) is 21.5. The molecule has 0 aliphatic rings. The van der Waals surface area contributed by atoms with Crippen LogP contribution in [0.4, 0.5) is 0 Å². The smallest absolute Gasteiger partial charge is 0.342 e. The number of allylic oxidation sites excluding steroid dienone is 1. The molecule has 0 heterocycles. The van der Waals surface area contributed by atoms with Crippen molar-refractivity contribution in [1.29, 1.82) is 0 Å². The summed E-state index contributed by atoms with van der Waals surface area (Å²) in [7, 11) is 0. The molecule has 4 nitrogen and oxygen atoms in total. The van der Waals surface area contributed by atoms with Gasteiger partial charge in [-0.05, 0) is 20.8 Å². The fourth-order valence-electron chi connectivity index (χ4n) is 0.375. The highest BCUT2D eigenvalue weighted by molar-refractivity contribution is 5.96. The van der Waals surface area contributed by atoms with Crippen LogP contribution in [0, 0.1) is 0 Å². The summed E-state index contributed by atoms with van der Waals surface area (Å²) in [5, 5.41) is 8.68. The van der Waals surface area contributed by atoms with Crippen LogP contribution in [-0.2, 0) is 14.3 Å². The van der Waals surface area contributed by atoms with Crippen LogP contribution in [0.3, 0.4) is 0 Å². The van der Waals surface area contributed by atoms with Crippen molar-refractivity contribution >= 4 is 11.9 Å². The van der Waals surface area contributed by atoms with Crippen LogP contribution in [0.1, 0.15) is 20.8 Å². The van der Waals surface area contributed by atoms with Crippen molar-refractivity contribution in [3.05, 3.63) is 11.6 Å². The Hall–Kier alpha value is -1.16. The molecule has 1 atom stereocenters. The molecule has 0 saturated carbocycles. The third kappa shape index (κ3) is 3.30. The SMILES string of the molecule is CC=C(C)C(=O)OC(=O)C(C)O. The average Bonchev–Trinajstić information content (AvgIpc) is 2.02. The van der Waals surface area contributed by atoms with E-state index in [9.17, 15) is 9.59 Å². The Morgan fingerprint density at radius 2 is 2.00 bits per heavy atom. The van der Waals surface area contributed by atoms with E-state index < -0.39 is 18.0 Å². The monoisotopic (exact) mass is 172 g/mol. The zero-order chi connectivity index (χ0) is 9.72. The standard InChI is InChI=1S/C8H12O4/c1-4-5(2)7(10)12-8(11)6(3)9/h4,6,9H,1-3H3. The van der Waals surface area contributed by atoms with Crippen molar-refractivity contribution in [2.24, 2.45) is 0 Å². The molecule has 0 spiro atoms. The first kappa shape index (κ1) is 10.8. The number of aliphatic hydroxyl groups is 1. The van der Waals surface area contributed by atoms with Crippen molar-refractivity contribution in [1.82, 2.24) is 0 Å². The van der Waals surface area contributed by atoms with Crippen molar-refractivity contribution in [3.63, 3.8) is 0 Å². The van der Waals surface area contributed by atoms with E-state index in [2.05, 4.69) is 4.74 Å². The van der Waals surface area contributed by atoms with Crippen LogP contribution >= 0.6 is 0 Å². The maximum absolute atomic E-state index is 10.9. The molecule has 4 heteroatoms. The highest BCUT2D eigenvalue weighted by Gasteiger charge is 2.15. The first-order valence-electron chi connectivity index (χ1n) is 3.56. The third-order valence-electron chi connectivity index (χ3n) is 1.29. The summed E-state index contributed by atoms with van der Waals surface area (Å²) in [6, 6.07) is 0. The highest BCUT2D eigenvalue weighted by Crippen LogP contribution is 1.97. The first-order valence-corrected chi connectivity index (χ1v) is 3.56. The molecule has 0 amide bonds. The molecule has 12 heavy (non-hydrogen) atoms. The normalized spacial score (nSPS) is 13.8. The molecule has 0 aromatic heterocycles. The van der Waals surface area contributed by atoms with Gasteiger partial charge in [-0.3, -0.25) is 0 Å². The molecule has 0 rings (SSSR count). The van der Waals surface area contributed by atoms with Gasteiger partial charge in [0, 0.05) is 5.57 Å². The predicted octanol–water partition coefficient (Wildman–Crippen LogP) is 0.403. The van der Waals surface area contributed by atoms with Crippen LogP contribution in [0.2, 0.25) is 0 Å². The fourth-order valence-corrected chi connectivity index (χ4v) is 0.375. The molecule has 1 unspecified atom stereocenters. The Morgan fingerprint density at radius 1 is 1.50 bits per heavy atom. The van der Waals surface area contributed by atoms with Crippen molar-refractivity contribution in [2.75, 3.05) is 0 Å². The van der Waals surface area contributed by atoms with E-state index in [1.807, 2.05) is 0 Å². The lowest BCUT2D eigenvalue weighted by molar-refractivity contribution is -0.162. The molecular weight excluding hydrogens is 160 g/mol. The second-order valence-corrected chi connectivity index (χ2v) is 2.36. The average molecular weight is 172 g/mol. The largest absolute Gasteiger partial charge is 0.388 e. The van der Waals surface area contributed by atoms with Gasteiger partial charge in [0.25, 0.3) is 0 Å². The number of hydrogen-bond donors (Lipinski definition) is 1. The van der Waals surface area contributed by atoms with Crippen LogP contribution in [0.25, 0.3) is 0 Å². The van der Waals surface area contributed by atoms with Gasteiger partial charge < -0.3 is 9.84 Å². The van der Waals surface area contributed by atoms with E-state index in [-0.39, 0.29) is 0 Å². The Kier molecular flexibility index (Phi) is 4.21. The first-order chi connectivity index (χ1) is 5.49. The van der Waals surface area contributed by atoms with Crippen LogP contribution in [-0.4, -0.2) is 23.1 Å². The van der Waals surface area contributed by atoms with Crippen LogP contribution in [0.5, 0.6) is 0 Å². The molecule has 0 aliphatic heterocycles. The molecule has 0 aromatic rings. The summed E-state index contributed by atoms with van der Waals surface area (Å²) < 4.78 is 4.27. The number of carbonyl (C=O) groups is 2. The van der Waals surface area contributed by atoms with E-state index in [1.54, 1.807) is 6.92 Å². The molecule has 0 aromatic carbocycles. The summed E-state index contributed by atoms with van der Waals surface area (Å²) in [5.74, 6) is -1.65. The molecule has 0 saturated heterocycles. The number of carbonyl (C=O) groups excluding carboxylic acids is 2. The van der Waals surface area contributed by atoms with Crippen molar-refractivity contribution in [3.8, 4) is 0 Å². The molecule has 68 valence electrons. The lowest BCUT2D eigenvalue weighted by Gasteiger charge is -2.03. The Morgan fingerprint density at radius 3 is 2.33 bits per heavy atom.